The second-order valence-corrected chi connectivity index (χ2v) is 7.35. The van der Waals surface area contributed by atoms with E-state index in [4.69, 9.17) is 0 Å². The Morgan fingerprint density at radius 1 is 1.58 bits per heavy atom. The number of nitrogens with one attached hydrogen (secondary N) is 2. The van der Waals surface area contributed by atoms with Crippen molar-refractivity contribution in [3.8, 4) is 0 Å². The SMILES string of the molecule is CNCC1CCCN(S(=O)(=O)Nc2nc(C)cs2)C1. The molecule has 1 aliphatic rings. The molecule has 8 heteroatoms. The molecular formula is C11H20N4O2S2. The maximum atomic E-state index is 12.3. The molecule has 1 unspecified atom stereocenters. The van der Waals surface area contributed by atoms with Crippen molar-refractivity contribution in [2.24, 2.45) is 5.92 Å². The summed E-state index contributed by atoms with van der Waals surface area (Å²) in [6.07, 6.45) is 1.98. The molecule has 0 aromatic carbocycles. The van der Waals surface area contributed by atoms with E-state index in [9.17, 15) is 8.42 Å². The lowest BCUT2D eigenvalue weighted by molar-refractivity contribution is 0.264. The molecule has 1 aromatic heterocycles. The predicted octanol–water partition coefficient (Wildman–Crippen LogP) is 1.04. The zero-order valence-electron chi connectivity index (χ0n) is 11.2. The molecule has 0 saturated carbocycles. The average molecular weight is 304 g/mol. The van der Waals surface area contributed by atoms with Gasteiger partial charge in [-0.25, -0.2) is 9.71 Å². The minimum absolute atomic E-state index is 0.383. The van der Waals surface area contributed by atoms with E-state index in [0.717, 1.165) is 25.1 Å². The van der Waals surface area contributed by atoms with Crippen molar-refractivity contribution in [2.75, 3.05) is 31.4 Å². The van der Waals surface area contributed by atoms with Crippen molar-refractivity contribution in [3.63, 3.8) is 0 Å². The van der Waals surface area contributed by atoms with Gasteiger partial charge in [0.2, 0.25) is 0 Å². The van der Waals surface area contributed by atoms with Crippen molar-refractivity contribution in [2.45, 2.75) is 19.8 Å². The fourth-order valence-electron chi connectivity index (χ4n) is 2.28. The van der Waals surface area contributed by atoms with Gasteiger partial charge < -0.3 is 5.32 Å². The predicted molar refractivity (Wildman–Crippen MR) is 77.6 cm³/mol. The third kappa shape index (κ3) is 3.88. The minimum atomic E-state index is -3.47. The summed E-state index contributed by atoms with van der Waals surface area (Å²) in [5, 5.41) is 5.38. The summed E-state index contributed by atoms with van der Waals surface area (Å²) in [5.41, 5.74) is 0.828. The zero-order chi connectivity index (χ0) is 13.9. The topological polar surface area (TPSA) is 74.3 Å². The van der Waals surface area contributed by atoms with Crippen LogP contribution in [0.15, 0.2) is 5.38 Å². The van der Waals surface area contributed by atoms with Crippen LogP contribution >= 0.6 is 11.3 Å². The van der Waals surface area contributed by atoms with E-state index in [1.54, 1.807) is 0 Å². The number of rotatable bonds is 5. The Morgan fingerprint density at radius 2 is 2.37 bits per heavy atom. The highest BCUT2D eigenvalue weighted by Gasteiger charge is 2.29. The van der Waals surface area contributed by atoms with Gasteiger partial charge in [-0.3, -0.25) is 0 Å². The van der Waals surface area contributed by atoms with E-state index in [-0.39, 0.29) is 0 Å². The fraction of sp³-hybridized carbons (Fsp3) is 0.727. The summed E-state index contributed by atoms with van der Waals surface area (Å²) in [6, 6.07) is 0. The molecule has 1 fully saturated rings. The molecule has 1 aromatic rings. The molecule has 0 aliphatic carbocycles. The Hall–Kier alpha value is -0.700. The summed E-state index contributed by atoms with van der Waals surface area (Å²) in [6.45, 7) is 3.85. The third-order valence-electron chi connectivity index (χ3n) is 3.15. The van der Waals surface area contributed by atoms with Gasteiger partial charge in [0.25, 0.3) is 0 Å². The van der Waals surface area contributed by atoms with Crippen LogP contribution in [0.5, 0.6) is 0 Å². The van der Waals surface area contributed by atoms with E-state index in [0.29, 0.717) is 24.1 Å². The van der Waals surface area contributed by atoms with Gasteiger partial charge >= 0.3 is 10.2 Å². The molecule has 6 nitrogen and oxygen atoms in total. The van der Waals surface area contributed by atoms with Gasteiger partial charge in [0, 0.05) is 18.5 Å². The van der Waals surface area contributed by atoms with Gasteiger partial charge in [-0.05, 0) is 39.3 Å². The molecule has 0 radical (unpaired) electrons. The summed E-state index contributed by atoms with van der Waals surface area (Å²) in [4.78, 5) is 4.14. The van der Waals surface area contributed by atoms with Crippen molar-refractivity contribution in [3.05, 3.63) is 11.1 Å². The molecular weight excluding hydrogens is 284 g/mol. The van der Waals surface area contributed by atoms with Crippen LogP contribution in [0.4, 0.5) is 5.13 Å². The normalized spacial score (nSPS) is 21.5. The number of nitrogens with zero attached hydrogens (tertiary/aromatic N) is 2. The fourth-order valence-corrected chi connectivity index (χ4v) is 4.49. The smallest absolute Gasteiger partial charge is 0.303 e. The van der Waals surface area contributed by atoms with Crippen molar-refractivity contribution in [1.82, 2.24) is 14.6 Å². The van der Waals surface area contributed by atoms with E-state index in [1.165, 1.54) is 15.6 Å². The van der Waals surface area contributed by atoms with Crippen LogP contribution in [0.1, 0.15) is 18.5 Å². The highest BCUT2D eigenvalue weighted by atomic mass is 32.2. The van der Waals surface area contributed by atoms with E-state index in [1.807, 2.05) is 19.4 Å². The first-order valence-corrected chi connectivity index (χ1v) is 8.68. The molecule has 0 bridgehead atoms. The summed E-state index contributed by atoms with van der Waals surface area (Å²) in [7, 11) is -1.58. The van der Waals surface area contributed by atoms with Crippen LogP contribution in [0.25, 0.3) is 0 Å². The Balaban J connectivity index is 2.02. The second-order valence-electron chi connectivity index (χ2n) is 4.83. The summed E-state index contributed by atoms with van der Waals surface area (Å²) < 4.78 is 28.6. The molecule has 0 spiro atoms. The minimum Gasteiger partial charge on any atom is -0.319 e. The molecule has 2 rings (SSSR count). The lowest BCUT2D eigenvalue weighted by Crippen LogP contribution is -2.44. The standard InChI is InChI=1S/C11H20N4O2S2/c1-9-8-18-11(13-9)14-19(16,17)15-5-3-4-10(7-15)6-12-2/h8,10,12H,3-7H2,1-2H3,(H,13,14). The van der Waals surface area contributed by atoms with Gasteiger partial charge in [-0.15, -0.1) is 11.3 Å². The van der Waals surface area contributed by atoms with Crippen LogP contribution in [-0.2, 0) is 10.2 Å². The number of piperidine rings is 1. The molecule has 1 atom stereocenters. The maximum absolute atomic E-state index is 12.3. The Kier molecular flexibility index (Phi) is 4.77. The molecule has 2 N–H and O–H groups in total. The molecule has 19 heavy (non-hydrogen) atoms. The number of thiazole rings is 1. The molecule has 1 aliphatic heterocycles. The number of aryl methyl sites for hydroxylation is 1. The third-order valence-corrected chi connectivity index (χ3v) is 5.62. The maximum Gasteiger partial charge on any atom is 0.303 e. The quantitative estimate of drug-likeness (QED) is 0.852. The molecule has 1 saturated heterocycles. The van der Waals surface area contributed by atoms with Crippen LogP contribution in [0.3, 0.4) is 0 Å². The van der Waals surface area contributed by atoms with Gasteiger partial charge in [0.15, 0.2) is 5.13 Å². The highest BCUT2D eigenvalue weighted by molar-refractivity contribution is 7.90. The van der Waals surface area contributed by atoms with Crippen LogP contribution in [-0.4, -0.2) is 44.4 Å². The monoisotopic (exact) mass is 304 g/mol. The average Bonchev–Trinajstić information content (AvgIpc) is 2.75. The first-order valence-electron chi connectivity index (χ1n) is 6.36. The van der Waals surface area contributed by atoms with Crippen molar-refractivity contribution in [1.29, 1.82) is 0 Å². The van der Waals surface area contributed by atoms with E-state index >= 15 is 0 Å². The van der Waals surface area contributed by atoms with Gasteiger partial charge in [-0.2, -0.15) is 12.7 Å². The van der Waals surface area contributed by atoms with Crippen LogP contribution in [0, 0.1) is 12.8 Å². The van der Waals surface area contributed by atoms with E-state index < -0.39 is 10.2 Å². The number of anilines is 1. The highest BCUT2D eigenvalue weighted by Crippen LogP contribution is 2.22. The molecule has 108 valence electrons. The lowest BCUT2D eigenvalue weighted by atomic mass is 10.00. The van der Waals surface area contributed by atoms with Gasteiger partial charge in [0.1, 0.15) is 0 Å². The molecule has 0 amide bonds. The number of aromatic nitrogens is 1. The summed E-state index contributed by atoms with van der Waals surface area (Å²) in [5.74, 6) is 0.383. The van der Waals surface area contributed by atoms with Crippen LogP contribution in [0.2, 0.25) is 0 Å². The van der Waals surface area contributed by atoms with Gasteiger partial charge in [0.05, 0.1) is 5.69 Å². The van der Waals surface area contributed by atoms with Gasteiger partial charge in [-0.1, -0.05) is 0 Å². The first kappa shape index (κ1) is 14.7. The lowest BCUT2D eigenvalue weighted by Gasteiger charge is -2.31. The Labute approximate surface area is 118 Å². The Bertz CT molecular complexity index is 513. The molecule has 2 heterocycles. The largest absolute Gasteiger partial charge is 0.319 e. The van der Waals surface area contributed by atoms with Crippen molar-refractivity contribution >= 4 is 26.7 Å². The van der Waals surface area contributed by atoms with Crippen LogP contribution < -0.4 is 10.0 Å². The Morgan fingerprint density at radius 3 is 3.00 bits per heavy atom. The summed E-state index contributed by atoms with van der Waals surface area (Å²) >= 11 is 1.31. The number of hydrogen-bond acceptors (Lipinski definition) is 5. The van der Waals surface area contributed by atoms with Crippen molar-refractivity contribution < 1.29 is 8.42 Å². The first-order chi connectivity index (χ1) is 9.01. The van der Waals surface area contributed by atoms with E-state index in [2.05, 4.69) is 15.0 Å². The second kappa shape index (κ2) is 6.17. The number of hydrogen-bond donors (Lipinski definition) is 2. The zero-order valence-corrected chi connectivity index (χ0v) is 12.9.